The number of para-hydroxylation sites is 1. The lowest BCUT2D eigenvalue weighted by Gasteiger charge is -2.12. The van der Waals surface area contributed by atoms with Crippen LogP contribution in [0.1, 0.15) is 11.1 Å². The van der Waals surface area contributed by atoms with Crippen LogP contribution in [0.2, 0.25) is 0 Å². The van der Waals surface area contributed by atoms with Crippen molar-refractivity contribution in [3.05, 3.63) is 59.7 Å². The normalized spacial score (nSPS) is 10.2. The molecule has 0 bridgehead atoms. The predicted octanol–water partition coefficient (Wildman–Crippen LogP) is 1.96. The second-order valence-electron chi connectivity index (χ2n) is 5.09. The molecular formula is C18H22N2O3. The number of carbonyl (C=O) groups is 1. The summed E-state index contributed by atoms with van der Waals surface area (Å²) in [4.78, 5) is 11.3. The van der Waals surface area contributed by atoms with Gasteiger partial charge in [-0.3, -0.25) is 4.79 Å². The molecule has 2 aromatic rings. The molecule has 23 heavy (non-hydrogen) atoms. The number of ether oxygens (including phenoxy) is 1. The summed E-state index contributed by atoms with van der Waals surface area (Å²) >= 11 is 0. The number of nitrogens with one attached hydrogen (secondary N) is 2. The molecule has 0 aliphatic rings. The van der Waals surface area contributed by atoms with Crippen molar-refractivity contribution in [2.24, 2.45) is 0 Å². The highest BCUT2D eigenvalue weighted by molar-refractivity contribution is 5.77. The molecule has 0 radical (unpaired) electrons. The Morgan fingerprint density at radius 3 is 2.57 bits per heavy atom. The van der Waals surface area contributed by atoms with E-state index in [1.54, 1.807) is 7.05 Å². The summed E-state index contributed by atoms with van der Waals surface area (Å²) in [6, 6.07) is 15.6. The summed E-state index contributed by atoms with van der Waals surface area (Å²) in [7, 11) is 1.58. The van der Waals surface area contributed by atoms with Crippen LogP contribution in [-0.2, 0) is 17.8 Å². The molecular weight excluding hydrogens is 292 g/mol. The lowest BCUT2D eigenvalue weighted by Crippen LogP contribution is -2.25. The van der Waals surface area contributed by atoms with Gasteiger partial charge in [0.15, 0.2) is 6.61 Å². The van der Waals surface area contributed by atoms with Gasteiger partial charge < -0.3 is 20.5 Å². The Kier molecular flexibility index (Phi) is 6.44. The zero-order valence-electron chi connectivity index (χ0n) is 13.2. The smallest absolute Gasteiger partial charge is 0.257 e. The summed E-state index contributed by atoms with van der Waals surface area (Å²) in [6.45, 7) is 0.759. The average Bonchev–Trinajstić information content (AvgIpc) is 2.60. The number of rotatable bonds is 8. The molecule has 0 fully saturated rings. The molecule has 122 valence electrons. The first kappa shape index (κ1) is 16.8. The molecule has 3 N–H and O–H groups in total. The summed E-state index contributed by atoms with van der Waals surface area (Å²) in [5.41, 5.74) is 3.08. The van der Waals surface area contributed by atoms with Gasteiger partial charge in [-0.25, -0.2) is 0 Å². The third-order valence-corrected chi connectivity index (χ3v) is 3.45. The molecule has 0 heterocycles. The van der Waals surface area contributed by atoms with E-state index >= 15 is 0 Å². The van der Waals surface area contributed by atoms with Crippen LogP contribution in [-0.4, -0.2) is 31.3 Å². The molecule has 1 amide bonds. The number of anilines is 1. The highest BCUT2D eigenvalue weighted by Crippen LogP contribution is 2.20. The molecule has 5 heteroatoms. The van der Waals surface area contributed by atoms with E-state index in [1.807, 2.05) is 48.5 Å². The van der Waals surface area contributed by atoms with Crippen LogP contribution in [0.3, 0.4) is 0 Å². The lowest BCUT2D eigenvalue weighted by molar-refractivity contribution is -0.122. The van der Waals surface area contributed by atoms with Gasteiger partial charge >= 0.3 is 0 Å². The molecule has 0 saturated carbocycles. The molecule has 2 rings (SSSR count). The number of benzene rings is 2. The zero-order valence-corrected chi connectivity index (χ0v) is 13.2. The van der Waals surface area contributed by atoms with Gasteiger partial charge in [-0.1, -0.05) is 30.3 Å². The Morgan fingerprint density at radius 2 is 1.87 bits per heavy atom. The zero-order chi connectivity index (χ0) is 16.5. The number of amides is 1. The van der Waals surface area contributed by atoms with Crippen LogP contribution in [0, 0.1) is 0 Å². The second kappa shape index (κ2) is 8.80. The minimum absolute atomic E-state index is 0.00334. The lowest BCUT2D eigenvalue weighted by atomic mass is 10.1. The monoisotopic (exact) mass is 314 g/mol. The third-order valence-electron chi connectivity index (χ3n) is 3.45. The Hall–Kier alpha value is -2.53. The number of aliphatic hydroxyl groups excluding tert-OH is 1. The summed E-state index contributed by atoms with van der Waals surface area (Å²) in [5.74, 6) is 0.535. The minimum atomic E-state index is -0.160. The number of hydrogen-bond donors (Lipinski definition) is 3. The van der Waals surface area contributed by atoms with Gasteiger partial charge in [-0.05, 0) is 30.2 Å². The maximum atomic E-state index is 11.3. The van der Waals surface area contributed by atoms with E-state index in [0.29, 0.717) is 18.7 Å². The Balaban J connectivity index is 1.95. The third kappa shape index (κ3) is 5.30. The highest BCUT2D eigenvalue weighted by atomic mass is 16.5. The minimum Gasteiger partial charge on any atom is -0.483 e. The highest BCUT2D eigenvalue weighted by Gasteiger charge is 2.05. The van der Waals surface area contributed by atoms with Crippen molar-refractivity contribution in [3.8, 4) is 5.75 Å². The molecule has 0 atom stereocenters. The van der Waals surface area contributed by atoms with Gasteiger partial charge in [-0.15, -0.1) is 0 Å². The Labute approximate surface area is 136 Å². The van der Waals surface area contributed by atoms with Gasteiger partial charge in [0.1, 0.15) is 5.75 Å². The van der Waals surface area contributed by atoms with Crippen molar-refractivity contribution in [2.75, 3.05) is 25.6 Å². The van der Waals surface area contributed by atoms with E-state index in [-0.39, 0.29) is 19.1 Å². The molecule has 2 aromatic carbocycles. The molecule has 5 nitrogen and oxygen atoms in total. The van der Waals surface area contributed by atoms with Crippen molar-refractivity contribution in [2.45, 2.75) is 13.0 Å². The van der Waals surface area contributed by atoms with Crippen molar-refractivity contribution in [1.82, 2.24) is 5.32 Å². The van der Waals surface area contributed by atoms with Crippen LogP contribution in [0.5, 0.6) is 5.75 Å². The number of carbonyl (C=O) groups excluding carboxylic acids is 1. The van der Waals surface area contributed by atoms with E-state index in [4.69, 9.17) is 9.84 Å². The second-order valence-corrected chi connectivity index (χ2v) is 5.09. The number of likely N-dealkylation sites (N-methyl/N-ethyl adjacent to an activating group) is 1. The maximum Gasteiger partial charge on any atom is 0.257 e. The van der Waals surface area contributed by atoms with E-state index in [9.17, 15) is 4.79 Å². The number of hydrogen-bond acceptors (Lipinski definition) is 4. The fourth-order valence-electron chi connectivity index (χ4n) is 2.12. The quantitative estimate of drug-likeness (QED) is 0.696. The average molecular weight is 314 g/mol. The summed E-state index contributed by atoms with van der Waals surface area (Å²) in [5, 5.41) is 14.8. The maximum absolute atomic E-state index is 11.3. The molecule has 0 aliphatic heterocycles. The van der Waals surface area contributed by atoms with Crippen LogP contribution in [0.15, 0.2) is 48.5 Å². The number of aliphatic hydroxyl groups is 1. The molecule has 0 saturated heterocycles. The summed E-state index contributed by atoms with van der Waals surface area (Å²) in [6.07, 6.45) is 0.663. The fraction of sp³-hybridized carbons (Fsp3) is 0.278. The van der Waals surface area contributed by atoms with Gasteiger partial charge in [0.25, 0.3) is 5.91 Å². The molecule has 0 unspecified atom stereocenters. The van der Waals surface area contributed by atoms with Crippen LogP contribution >= 0.6 is 0 Å². The SMILES string of the molecule is CNC(=O)COc1ccccc1CNc1ccc(CCO)cc1. The fourth-order valence-corrected chi connectivity index (χ4v) is 2.12. The van der Waals surface area contributed by atoms with Gasteiger partial charge in [0.05, 0.1) is 0 Å². The van der Waals surface area contributed by atoms with Gasteiger partial charge in [0.2, 0.25) is 0 Å². The van der Waals surface area contributed by atoms with E-state index in [1.165, 1.54) is 0 Å². The Bertz CT molecular complexity index is 626. The summed E-state index contributed by atoms with van der Waals surface area (Å²) < 4.78 is 5.55. The first-order chi connectivity index (χ1) is 11.2. The van der Waals surface area contributed by atoms with E-state index in [2.05, 4.69) is 10.6 Å². The van der Waals surface area contributed by atoms with Gasteiger partial charge in [-0.2, -0.15) is 0 Å². The van der Waals surface area contributed by atoms with Crippen molar-refractivity contribution >= 4 is 11.6 Å². The topological polar surface area (TPSA) is 70.6 Å². The van der Waals surface area contributed by atoms with Crippen LogP contribution < -0.4 is 15.4 Å². The Morgan fingerprint density at radius 1 is 1.13 bits per heavy atom. The molecule has 0 aliphatic carbocycles. The van der Waals surface area contributed by atoms with Crippen molar-refractivity contribution in [1.29, 1.82) is 0 Å². The van der Waals surface area contributed by atoms with E-state index < -0.39 is 0 Å². The predicted molar refractivity (Wildman–Crippen MR) is 90.6 cm³/mol. The molecule has 0 aromatic heterocycles. The van der Waals surface area contributed by atoms with Crippen molar-refractivity contribution in [3.63, 3.8) is 0 Å². The first-order valence-corrected chi connectivity index (χ1v) is 7.58. The van der Waals surface area contributed by atoms with Crippen molar-refractivity contribution < 1.29 is 14.6 Å². The van der Waals surface area contributed by atoms with Crippen LogP contribution in [0.4, 0.5) is 5.69 Å². The van der Waals surface area contributed by atoms with Gasteiger partial charge in [0, 0.05) is 31.5 Å². The molecule has 0 spiro atoms. The van der Waals surface area contributed by atoms with Crippen LogP contribution in [0.25, 0.3) is 0 Å². The standard InChI is InChI=1S/C18H22N2O3/c1-19-18(22)13-23-17-5-3-2-4-15(17)12-20-16-8-6-14(7-9-16)10-11-21/h2-9,20-21H,10-13H2,1H3,(H,19,22). The van der Waals surface area contributed by atoms with E-state index in [0.717, 1.165) is 16.8 Å². The first-order valence-electron chi connectivity index (χ1n) is 7.58. The largest absolute Gasteiger partial charge is 0.483 e.